The molecule has 132 valence electrons. The number of carbonyl (C=O) groups is 1. The Labute approximate surface area is 146 Å². The van der Waals surface area contributed by atoms with Gasteiger partial charge in [-0.15, -0.1) is 0 Å². The molecule has 0 atom stereocenters. The van der Waals surface area contributed by atoms with E-state index in [2.05, 4.69) is 5.32 Å². The molecule has 6 heteroatoms. The number of rotatable bonds is 5. The summed E-state index contributed by atoms with van der Waals surface area (Å²) >= 11 is 0. The summed E-state index contributed by atoms with van der Waals surface area (Å²) in [7, 11) is 0. The number of nitrogens with zero attached hydrogens (tertiary/aromatic N) is 1. The fourth-order valence-corrected chi connectivity index (χ4v) is 2.51. The minimum Gasteiger partial charge on any atom is -0.489 e. The Morgan fingerprint density at radius 1 is 0.960 bits per heavy atom. The molecule has 2 aromatic rings. The lowest BCUT2D eigenvalue weighted by Gasteiger charge is -2.26. The Morgan fingerprint density at radius 3 is 2.24 bits per heavy atom. The molecule has 1 fully saturated rings. The van der Waals surface area contributed by atoms with Gasteiger partial charge in [-0.1, -0.05) is 24.3 Å². The van der Waals surface area contributed by atoms with E-state index in [-0.39, 0.29) is 18.5 Å². The number of piperazine rings is 1. The zero-order valence-electron chi connectivity index (χ0n) is 13.9. The fraction of sp³-hybridized carbons (Fsp3) is 0.316. The van der Waals surface area contributed by atoms with Crippen molar-refractivity contribution in [1.29, 1.82) is 0 Å². The molecule has 0 radical (unpaired) electrons. The van der Waals surface area contributed by atoms with Crippen LogP contribution in [0.25, 0.3) is 0 Å². The smallest absolute Gasteiger partial charge is 0.410 e. The first-order valence-electron chi connectivity index (χ1n) is 8.29. The fourth-order valence-electron chi connectivity index (χ4n) is 2.51. The van der Waals surface area contributed by atoms with Crippen LogP contribution in [0, 0.1) is 5.82 Å². The first-order valence-corrected chi connectivity index (χ1v) is 8.29. The van der Waals surface area contributed by atoms with Crippen molar-refractivity contribution in [1.82, 2.24) is 10.2 Å². The van der Waals surface area contributed by atoms with Crippen LogP contribution in [0.2, 0.25) is 0 Å². The lowest BCUT2D eigenvalue weighted by atomic mass is 10.2. The maximum Gasteiger partial charge on any atom is 0.410 e. The topological polar surface area (TPSA) is 50.8 Å². The Bertz CT molecular complexity index is 683. The van der Waals surface area contributed by atoms with E-state index in [0.29, 0.717) is 25.4 Å². The van der Waals surface area contributed by atoms with Gasteiger partial charge < -0.3 is 19.7 Å². The largest absolute Gasteiger partial charge is 0.489 e. The van der Waals surface area contributed by atoms with Gasteiger partial charge in [0, 0.05) is 26.2 Å². The molecule has 1 saturated heterocycles. The summed E-state index contributed by atoms with van der Waals surface area (Å²) in [6.45, 7) is 3.56. The van der Waals surface area contributed by atoms with Gasteiger partial charge in [-0.25, -0.2) is 9.18 Å². The van der Waals surface area contributed by atoms with Crippen LogP contribution in [0.3, 0.4) is 0 Å². The maximum absolute atomic E-state index is 12.9. The summed E-state index contributed by atoms with van der Waals surface area (Å²) in [6.07, 6.45) is -0.280. The summed E-state index contributed by atoms with van der Waals surface area (Å²) in [5, 5.41) is 3.19. The predicted octanol–water partition coefficient (Wildman–Crippen LogP) is 2.95. The van der Waals surface area contributed by atoms with Crippen LogP contribution in [0.5, 0.6) is 5.75 Å². The normalized spacial score (nSPS) is 14.2. The van der Waals surface area contributed by atoms with E-state index in [9.17, 15) is 9.18 Å². The van der Waals surface area contributed by atoms with Crippen LogP contribution in [0.1, 0.15) is 11.1 Å². The van der Waals surface area contributed by atoms with E-state index in [4.69, 9.17) is 9.47 Å². The average Bonchev–Trinajstić information content (AvgIpc) is 2.67. The van der Waals surface area contributed by atoms with E-state index in [1.54, 1.807) is 17.0 Å². The number of benzene rings is 2. The van der Waals surface area contributed by atoms with Crippen LogP contribution < -0.4 is 10.1 Å². The number of nitrogens with one attached hydrogen (secondary N) is 1. The average molecular weight is 344 g/mol. The molecular formula is C19H21FN2O3. The molecule has 3 rings (SSSR count). The van der Waals surface area contributed by atoms with Crippen molar-refractivity contribution < 1.29 is 18.7 Å². The van der Waals surface area contributed by atoms with E-state index >= 15 is 0 Å². The minimum atomic E-state index is -0.280. The molecule has 2 aromatic carbocycles. The molecule has 5 nitrogen and oxygen atoms in total. The molecule has 25 heavy (non-hydrogen) atoms. The van der Waals surface area contributed by atoms with Crippen molar-refractivity contribution in [2.75, 3.05) is 26.2 Å². The molecule has 0 unspecified atom stereocenters. The highest BCUT2D eigenvalue weighted by molar-refractivity contribution is 5.67. The van der Waals surface area contributed by atoms with Crippen LogP contribution in [-0.4, -0.2) is 37.2 Å². The van der Waals surface area contributed by atoms with Gasteiger partial charge in [0.05, 0.1) is 0 Å². The second kappa shape index (κ2) is 8.48. The van der Waals surface area contributed by atoms with Gasteiger partial charge in [0.25, 0.3) is 0 Å². The molecule has 1 amide bonds. The minimum absolute atomic E-state index is 0.237. The van der Waals surface area contributed by atoms with Crippen LogP contribution in [0.4, 0.5) is 9.18 Å². The van der Waals surface area contributed by atoms with Gasteiger partial charge in [0.15, 0.2) is 0 Å². The number of carbonyl (C=O) groups excluding carboxylic acids is 1. The van der Waals surface area contributed by atoms with Crippen molar-refractivity contribution in [3.63, 3.8) is 0 Å². The molecule has 0 aliphatic carbocycles. The van der Waals surface area contributed by atoms with E-state index in [1.165, 1.54) is 12.1 Å². The Balaban J connectivity index is 1.45. The summed E-state index contributed by atoms with van der Waals surface area (Å²) in [6, 6.07) is 13.6. The third-order valence-electron chi connectivity index (χ3n) is 3.98. The van der Waals surface area contributed by atoms with Crippen LogP contribution >= 0.6 is 0 Å². The molecular weight excluding hydrogens is 323 g/mol. The van der Waals surface area contributed by atoms with Gasteiger partial charge in [0.1, 0.15) is 24.8 Å². The molecule has 1 N–H and O–H groups in total. The molecule has 0 saturated carbocycles. The highest BCUT2D eigenvalue weighted by Gasteiger charge is 2.17. The van der Waals surface area contributed by atoms with Crippen molar-refractivity contribution in [2.45, 2.75) is 13.2 Å². The number of hydrogen-bond acceptors (Lipinski definition) is 4. The second-order valence-corrected chi connectivity index (χ2v) is 5.85. The van der Waals surface area contributed by atoms with Gasteiger partial charge in [-0.3, -0.25) is 0 Å². The van der Waals surface area contributed by atoms with E-state index < -0.39 is 0 Å². The third kappa shape index (κ3) is 5.19. The molecule has 0 bridgehead atoms. The van der Waals surface area contributed by atoms with Crippen molar-refractivity contribution in [2.24, 2.45) is 0 Å². The quantitative estimate of drug-likeness (QED) is 0.906. The Hall–Kier alpha value is -2.60. The zero-order chi connectivity index (χ0) is 17.5. The summed E-state index contributed by atoms with van der Waals surface area (Å²) in [4.78, 5) is 13.7. The van der Waals surface area contributed by atoms with Crippen molar-refractivity contribution in [3.05, 3.63) is 65.5 Å². The van der Waals surface area contributed by atoms with Gasteiger partial charge in [0.2, 0.25) is 0 Å². The third-order valence-corrected chi connectivity index (χ3v) is 3.98. The second-order valence-electron chi connectivity index (χ2n) is 5.85. The van der Waals surface area contributed by atoms with Gasteiger partial charge in [-0.2, -0.15) is 0 Å². The van der Waals surface area contributed by atoms with Crippen LogP contribution in [-0.2, 0) is 18.0 Å². The first-order chi connectivity index (χ1) is 12.2. The highest BCUT2D eigenvalue weighted by Crippen LogP contribution is 2.15. The first kappa shape index (κ1) is 17.2. The lowest BCUT2D eigenvalue weighted by molar-refractivity contribution is 0.0918. The summed E-state index contributed by atoms with van der Waals surface area (Å²) in [5.41, 5.74) is 1.80. The Kier molecular flexibility index (Phi) is 5.85. The van der Waals surface area contributed by atoms with Gasteiger partial charge >= 0.3 is 6.09 Å². The van der Waals surface area contributed by atoms with E-state index in [0.717, 1.165) is 24.2 Å². The zero-order valence-corrected chi connectivity index (χ0v) is 13.9. The number of ether oxygens (including phenoxy) is 2. The van der Waals surface area contributed by atoms with Gasteiger partial charge in [-0.05, 0) is 35.4 Å². The molecule has 0 spiro atoms. The Morgan fingerprint density at radius 2 is 1.56 bits per heavy atom. The summed E-state index contributed by atoms with van der Waals surface area (Å²) < 4.78 is 23.9. The number of amides is 1. The predicted molar refractivity (Wildman–Crippen MR) is 91.8 cm³/mol. The summed E-state index contributed by atoms with van der Waals surface area (Å²) in [5.74, 6) is 0.449. The molecule has 0 aromatic heterocycles. The highest BCUT2D eigenvalue weighted by atomic mass is 19.1. The van der Waals surface area contributed by atoms with Crippen molar-refractivity contribution in [3.8, 4) is 5.75 Å². The van der Waals surface area contributed by atoms with E-state index in [1.807, 2.05) is 24.3 Å². The van der Waals surface area contributed by atoms with Crippen molar-refractivity contribution >= 4 is 6.09 Å². The lowest BCUT2D eigenvalue weighted by Crippen LogP contribution is -2.46. The monoisotopic (exact) mass is 344 g/mol. The SMILES string of the molecule is O=C(OCc1ccc(OCc2ccc(F)cc2)cc1)N1CCNCC1. The number of halogens is 1. The van der Waals surface area contributed by atoms with Crippen LogP contribution in [0.15, 0.2) is 48.5 Å². The maximum atomic E-state index is 12.9. The molecule has 1 heterocycles. The number of hydrogen-bond donors (Lipinski definition) is 1. The molecule has 1 aliphatic rings. The molecule has 1 aliphatic heterocycles. The standard InChI is InChI=1S/C19H21FN2O3/c20-17-5-1-15(2-6-17)13-24-18-7-3-16(4-8-18)14-25-19(23)22-11-9-21-10-12-22/h1-8,21H,9-14H2.